The summed E-state index contributed by atoms with van der Waals surface area (Å²) in [7, 11) is 0. The molecule has 5 aromatic rings. The van der Waals surface area contributed by atoms with E-state index in [9.17, 15) is 5.11 Å². The number of hydrogen-bond acceptors (Lipinski definition) is 2. The first-order valence-corrected chi connectivity index (χ1v) is 16.4. The number of phenols is 1. The minimum Gasteiger partial charge on any atom is -0.683 e. The minimum absolute atomic E-state index is 0. The molecule has 0 amide bonds. The van der Waals surface area contributed by atoms with Crippen molar-refractivity contribution in [3.63, 3.8) is 0 Å². The van der Waals surface area contributed by atoms with E-state index in [0.29, 0.717) is 12.3 Å². The number of rotatable bonds is 8. The molecule has 0 heterocycles. The topological polar surface area (TPSA) is 37.6 Å². The van der Waals surface area contributed by atoms with Crippen LogP contribution in [0.1, 0.15) is 70.8 Å². The number of aromatic hydroxyl groups is 1. The SMILES string of the molecule is Cc1cc(C)c([N-]CCN(Cc2ccccc2)Cc2cc(C)cc(C(C)(C)C)c2O)c(C)c1.[CH2-]c1ccccc1.[CH2-]c1ccccc1.[Ti+3]. The van der Waals surface area contributed by atoms with Crippen LogP contribution in [0.15, 0.2) is 115 Å². The molecule has 0 fully saturated rings. The Morgan fingerprint density at radius 3 is 1.54 bits per heavy atom. The van der Waals surface area contributed by atoms with Crippen molar-refractivity contribution in [3.05, 3.63) is 184 Å². The van der Waals surface area contributed by atoms with Gasteiger partial charge < -0.3 is 10.4 Å². The molecule has 0 aliphatic carbocycles. The van der Waals surface area contributed by atoms with E-state index in [-0.39, 0.29) is 27.1 Å². The van der Waals surface area contributed by atoms with Gasteiger partial charge in [-0.1, -0.05) is 110 Å². The van der Waals surface area contributed by atoms with Crippen LogP contribution in [0, 0.1) is 41.5 Å². The Morgan fingerprint density at radius 2 is 1.10 bits per heavy atom. The van der Waals surface area contributed by atoms with E-state index in [2.05, 4.69) is 116 Å². The average Bonchev–Trinajstić information content (AvgIpc) is 3.01. The number of benzene rings is 5. The maximum atomic E-state index is 11.1. The van der Waals surface area contributed by atoms with Gasteiger partial charge in [-0.05, 0) is 50.8 Å². The van der Waals surface area contributed by atoms with Crippen LogP contribution in [0.3, 0.4) is 0 Å². The summed E-state index contributed by atoms with van der Waals surface area (Å²) in [5, 5.41) is 16.1. The second-order valence-corrected chi connectivity index (χ2v) is 13.4. The first-order chi connectivity index (χ1) is 22.3. The fourth-order valence-electron chi connectivity index (χ4n) is 5.52. The van der Waals surface area contributed by atoms with Crippen molar-refractivity contribution in [2.24, 2.45) is 0 Å². The molecular weight excluding hydrogens is 620 g/mol. The van der Waals surface area contributed by atoms with Crippen molar-refractivity contribution in [1.82, 2.24) is 4.90 Å². The smallest absolute Gasteiger partial charge is 0.683 e. The molecule has 1 N–H and O–H groups in total. The molecule has 4 heteroatoms. The largest absolute Gasteiger partial charge is 3.00 e. The number of nitrogens with zero attached hydrogens (tertiary/aromatic N) is 2. The van der Waals surface area contributed by atoms with Gasteiger partial charge in [-0.2, -0.15) is 49.2 Å². The van der Waals surface area contributed by atoms with Gasteiger partial charge in [0.1, 0.15) is 5.75 Å². The van der Waals surface area contributed by atoms with Crippen LogP contribution in [-0.4, -0.2) is 23.1 Å². The van der Waals surface area contributed by atoms with Crippen LogP contribution in [0.5, 0.6) is 5.75 Å². The van der Waals surface area contributed by atoms with Crippen LogP contribution in [-0.2, 0) is 40.2 Å². The molecule has 0 spiro atoms. The summed E-state index contributed by atoms with van der Waals surface area (Å²) >= 11 is 0. The van der Waals surface area contributed by atoms with Crippen LogP contribution in [0.2, 0.25) is 0 Å². The van der Waals surface area contributed by atoms with E-state index < -0.39 is 0 Å². The standard InChI is InChI=1S/C30H39N2O.2C7H7.Ti/c1-21-15-23(3)28(24(4)16-21)31-13-14-32(19-25-11-9-8-10-12-25)20-26-17-22(2)18-27(29(26)33)30(5,6)7;2*1-7-5-3-2-4-6-7;/h8-12,15-18,33H,13-14,19-20H2,1-7H3;2*2-6H,1H2;/q3*-1;+3. The van der Waals surface area contributed by atoms with Crippen LogP contribution >= 0.6 is 0 Å². The quantitative estimate of drug-likeness (QED) is 0.131. The number of phenolic OH excluding ortho intramolecular Hbond substituents is 1. The summed E-state index contributed by atoms with van der Waals surface area (Å²) in [6.45, 7) is 25.5. The molecule has 1 radical (unpaired) electrons. The number of hydrogen-bond donors (Lipinski definition) is 1. The fraction of sp³-hybridized carbons (Fsp3) is 0.273. The number of aryl methyl sites for hydroxylation is 4. The molecule has 0 saturated carbocycles. The molecule has 48 heavy (non-hydrogen) atoms. The van der Waals surface area contributed by atoms with Crippen molar-refractivity contribution < 1.29 is 26.8 Å². The third-order valence-corrected chi connectivity index (χ3v) is 7.79. The summed E-state index contributed by atoms with van der Waals surface area (Å²) in [5.41, 5.74) is 11.3. The van der Waals surface area contributed by atoms with E-state index in [1.165, 1.54) is 27.8 Å². The van der Waals surface area contributed by atoms with Gasteiger partial charge in [0.15, 0.2) is 0 Å². The third kappa shape index (κ3) is 13.7. The summed E-state index contributed by atoms with van der Waals surface area (Å²) in [6, 6.07) is 38.9. The molecule has 0 atom stereocenters. The zero-order valence-corrected chi connectivity index (χ0v) is 31.6. The zero-order chi connectivity index (χ0) is 34.4. The van der Waals surface area contributed by atoms with Crippen molar-refractivity contribution in [2.45, 2.75) is 67.0 Å². The van der Waals surface area contributed by atoms with Gasteiger partial charge in [0, 0.05) is 18.7 Å². The van der Waals surface area contributed by atoms with Gasteiger partial charge in [0.25, 0.3) is 0 Å². The van der Waals surface area contributed by atoms with Crippen molar-refractivity contribution in [3.8, 4) is 5.75 Å². The second kappa shape index (κ2) is 19.8. The summed E-state index contributed by atoms with van der Waals surface area (Å²) < 4.78 is 0. The van der Waals surface area contributed by atoms with E-state index in [4.69, 9.17) is 5.32 Å². The Kier molecular flexibility index (Phi) is 16.6. The minimum atomic E-state index is -0.106. The predicted molar refractivity (Wildman–Crippen MR) is 202 cm³/mol. The van der Waals surface area contributed by atoms with Gasteiger partial charge in [-0.3, -0.25) is 4.90 Å². The zero-order valence-electron chi connectivity index (χ0n) is 30.1. The molecule has 0 bridgehead atoms. The average molecular weight is 674 g/mol. The molecule has 5 aromatic carbocycles. The van der Waals surface area contributed by atoms with Gasteiger partial charge in [0.2, 0.25) is 0 Å². The summed E-state index contributed by atoms with van der Waals surface area (Å²) in [6.07, 6.45) is 0. The van der Waals surface area contributed by atoms with Gasteiger partial charge in [0.05, 0.1) is 0 Å². The molecule has 5 rings (SSSR count). The molecule has 3 nitrogen and oxygen atoms in total. The molecule has 249 valence electrons. The Hall–Kier alpha value is -3.89. The fourth-order valence-corrected chi connectivity index (χ4v) is 5.52. The molecule has 0 aromatic heterocycles. The maximum Gasteiger partial charge on any atom is 3.00 e. The van der Waals surface area contributed by atoms with Gasteiger partial charge >= 0.3 is 21.7 Å². The Labute approximate surface area is 306 Å². The van der Waals surface area contributed by atoms with Crippen LogP contribution < -0.4 is 0 Å². The first-order valence-electron chi connectivity index (χ1n) is 16.4. The molecule has 0 unspecified atom stereocenters. The Bertz CT molecular complexity index is 1580. The van der Waals surface area contributed by atoms with Crippen molar-refractivity contribution in [2.75, 3.05) is 13.1 Å². The second-order valence-electron chi connectivity index (χ2n) is 13.4. The van der Waals surface area contributed by atoms with Gasteiger partial charge in [-0.25, -0.2) is 0 Å². The van der Waals surface area contributed by atoms with Crippen LogP contribution in [0.25, 0.3) is 5.32 Å². The Morgan fingerprint density at radius 1 is 0.646 bits per heavy atom. The molecular formula is C44H53N2OTi. The van der Waals surface area contributed by atoms with Crippen molar-refractivity contribution >= 4 is 5.69 Å². The Balaban J connectivity index is 0.000000437. The maximum absolute atomic E-state index is 11.1. The summed E-state index contributed by atoms with van der Waals surface area (Å²) in [5.74, 6) is 0.424. The molecule has 0 aliphatic rings. The van der Waals surface area contributed by atoms with Crippen LogP contribution in [0.4, 0.5) is 5.69 Å². The normalized spacial score (nSPS) is 10.6. The summed E-state index contributed by atoms with van der Waals surface area (Å²) in [4.78, 5) is 2.39. The van der Waals surface area contributed by atoms with E-state index >= 15 is 0 Å². The molecule has 0 aliphatic heterocycles. The van der Waals surface area contributed by atoms with Gasteiger partial charge in [-0.15, -0.1) is 36.5 Å². The monoisotopic (exact) mass is 673 g/mol. The van der Waals surface area contributed by atoms with E-state index in [1.54, 1.807) is 0 Å². The van der Waals surface area contributed by atoms with E-state index in [1.807, 2.05) is 66.7 Å². The predicted octanol–water partition coefficient (Wildman–Crippen LogP) is 11.4. The van der Waals surface area contributed by atoms with E-state index in [0.717, 1.165) is 47.6 Å². The van der Waals surface area contributed by atoms with Crippen molar-refractivity contribution in [1.29, 1.82) is 0 Å². The first kappa shape index (κ1) is 40.3. The third-order valence-electron chi connectivity index (χ3n) is 7.79. The molecule has 0 saturated heterocycles.